The zero-order valence-corrected chi connectivity index (χ0v) is 15.2. The van der Waals surface area contributed by atoms with Gasteiger partial charge in [0.2, 0.25) is 0 Å². The Bertz CT molecular complexity index is 601. The van der Waals surface area contributed by atoms with Gasteiger partial charge in [-0.15, -0.1) is 0 Å². The minimum Gasteiger partial charge on any atom is -0.392 e. The molecule has 0 unspecified atom stereocenters. The minimum absolute atomic E-state index is 0.00544. The summed E-state index contributed by atoms with van der Waals surface area (Å²) < 4.78 is 7.58. The first kappa shape index (κ1) is 17.4. The zero-order valence-electron chi connectivity index (χ0n) is 15.2. The van der Waals surface area contributed by atoms with Gasteiger partial charge in [-0.05, 0) is 31.7 Å². The number of hydrogen-bond donors (Lipinski definition) is 1. The average molecular weight is 335 g/mol. The first-order valence-corrected chi connectivity index (χ1v) is 9.02. The van der Waals surface area contributed by atoms with Crippen LogP contribution in [0.3, 0.4) is 0 Å². The summed E-state index contributed by atoms with van der Waals surface area (Å²) in [7, 11) is 1.88. The molecule has 2 aliphatic rings. The summed E-state index contributed by atoms with van der Waals surface area (Å²) in [5.41, 5.74) is 1.44. The molecule has 24 heavy (non-hydrogen) atoms. The van der Waals surface area contributed by atoms with Crippen molar-refractivity contribution in [3.63, 3.8) is 0 Å². The number of amides is 1. The van der Waals surface area contributed by atoms with E-state index in [1.165, 1.54) is 0 Å². The Morgan fingerprint density at radius 3 is 2.62 bits per heavy atom. The lowest BCUT2D eigenvalue weighted by atomic mass is 9.58. The van der Waals surface area contributed by atoms with E-state index in [9.17, 15) is 9.90 Å². The van der Waals surface area contributed by atoms with E-state index in [1.54, 1.807) is 4.68 Å². The summed E-state index contributed by atoms with van der Waals surface area (Å²) in [6.07, 6.45) is 2.16. The molecule has 0 bridgehead atoms. The van der Waals surface area contributed by atoms with Crippen LogP contribution in [0, 0.1) is 5.41 Å². The molecule has 1 aromatic heterocycles. The highest BCUT2D eigenvalue weighted by atomic mass is 16.5. The Hall–Kier alpha value is -1.40. The van der Waals surface area contributed by atoms with Gasteiger partial charge in [0.05, 0.1) is 12.2 Å². The first-order chi connectivity index (χ1) is 11.4. The van der Waals surface area contributed by atoms with E-state index in [-0.39, 0.29) is 23.5 Å². The maximum atomic E-state index is 12.8. The van der Waals surface area contributed by atoms with E-state index >= 15 is 0 Å². The zero-order chi connectivity index (χ0) is 17.5. The highest BCUT2D eigenvalue weighted by Gasteiger charge is 2.56. The van der Waals surface area contributed by atoms with E-state index in [1.807, 2.05) is 24.9 Å². The van der Waals surface area contributed by atoms with Crippen LogP contribution in [0.25, 0.3) is 0 Å². The summed E-state index contributed by atoms with van der Waals surface area (Å²) in [6, 6.07) is 1.90. The minimum atomic E-state index is -0.298. The number of carbonyl (C=O) groups is 1. The Labute approximate surface area is 143 Å². The quantitative estimate of drug-likeness (QED) is 0.913. The van der Waals surface area contributed by atoms with Crippen LogP contribution < -0.4 is 0 Å². The van der Waals surface area contributed by atoms with Gasteiger partial charge in [0.1, 0.15) is 0 Å². The summed E-state index contributed by atoms with van der Waals surface area (Å²) in [6.45, 7) is 8.18. The number of aliphatic hydroxyl groups excluding tert-OH is 1. The molecule has 2 fully saturated rings. The van der Waals surface area contributed by atoms with Crippen LogP contribution in [0.5, 0.6) is 0 Å². The van der Waals surface area contributed by atoms with Gasteiger partial charge in [0.15, 0.2) is 5.69 Å². The summed E-state index contributed by atoms with van der Waals surface area (Å²) in [4.78, 5) is 14.6. The normalized spacial score (nSPS) is 26.0. The smallest absolute Gasteiger partial charge is 0.274 e. The maximum Gasteiger partial charge on any atom is 0.274 e. The van der Waals surface area contributed by atoms with E-state index in [2.05, 4.69) is 18.9 Å². The van der Waals surface area contributed by atoms with E-state index in [0.29, 0.717) is 31.3 Å². The van der Waals surface area contributed by atoms with Crippen LogP contribution in [0.15, 0.2) is 6.07 Å². The van der Waals surface area contributed by atoms with Crippen molar-refractivity contribution < 1.29 is 14.6 Å². The fourth-order valence-electron chi connectivity index (χ4n) is 4.23. The number of carbonyl (C=O) groups excluding carboxylic acids is 1. The molecule has 6 heteroatoms. The molecule has 1 N–H and O–H groups in total. The molecule has 3 rings (SSSR count). The van der Waals surface area contributed by atoms with Crippen molar-refractivity contribution in [3.8, 4) is 0 Å². The molecule has 1 amide bonds. The largest absolute Gasteiger partial charge is 0.392 e. The van der Waals surface area contributed by atoms with Crippen molar-refractivity contribution >= 4 is 5.91 Å². The summed E-state index contributed by atoms with van der Waals surface area (Å²) >= 11 is 0. The molecular weight excluding hydrogens is 306 g/mol. The number of likely N-dealkylation sites (tertiary alicyclic amines) is 1. The second-order valence-electron chi connectivity index (χ2n) is 7.45. The molecule has 1 aromatic rings. The lowest BCUT2D eigenvalue weighted by Gasteiger charge is -2.56. The highest BCUT2D eigenvalue weighted by molar-refractivity contribution is 5.92. The molecule has 1 aliphatic heterocycles. The topological polar surface area (TPSA) is 67.6 Å². The molecule has 2 heterocycles. The number of nitrogens with zero attached hydrogens (tertiary/aromatic N) is 3. The molecule has 0 aromatic carbocycles. The maximum absolute atomic E-state index is 12.8. The van der Waals surface area contributed by atoms with Crippen molar-refractivity contribution in [2.45, 2.75) is 58.2 Å². The second-order valence-corrected chi connectivity index (χ2v) is 7.45. The average Bonchev–Trinajstić information content (AvgIpc) is 2.96. The Morgan fingerprint density at radius 1 is 1.46 bits per heavy atom. The number of aryl methyl sites for hydroxylation is 1. The Morgan fingerprint density at radius 2 is 2.12 bits per heavy atom. The third-order valence-electron chi connectivity index (χ3n) is 5.82. The van der Waals surface area contributed by atoms with Crippen LogP contribution >= 0.6 is 0 Å². The van der Waals surface area contributed by atoms with Gasteiger partial charge in [-0.3, -0.25) is 9.48 Å². The second kappa shape index (κ2) is 6.48. The first-order valence-electron chi connectivity index (χ1n) is 9.02. The van der Waals surface area contributed by atoms with E-state index in [4.69, 9.17) is 4.74 Å². The fourth-order valence-corrected chi connectivity index (χ4v) is 4.23. The molecule has 2 atom stereocenters. The van der Waals surface area contributed by atoms with E-state index in [0.717, 1.165) is 25.0 Å². The summed E-state index contributed by atoms with van der Waals surface area (Å²) in [5.74, 6) is 0.333. The number of piperidine rings is 1. The van der Waals surface area contributed by atoms with Crippen LogP contribution in [0.2, 0.25) is 0 Å². The third kappa shape index (κ3) is 2.75. The van der Waals surface area contributed by atoms with Crippen molar-refractivity contribution in [2.24, 2.45) is 12.5 Å². The standard InChI is InChI=1S/C18H29N3O3/c1-5-24-16-11-15(22)18(16)6-8-21(9-7-18)17(23)13-10-14(12(2)3)20(4)19-13/h10,12,15-16,22H,5-9,11H2,1-4H3/t15-,16+/m0/s1. The number of hydrogen-bond acceptors (Lipinski definition) is 4. The molecule has 6 nitrogen and oxygen atoms in total. The lowest BCUT2D eigenvalue weighted by Crippen LogP contribution is -2.62. The SMILES string of the molecule is CCO[C@@H]1C[C@H](O)C12CCN(C(=O)c1cc(C(C)C)n(C)n1)CC2. The van der Waals surface area contributed by atoms with Gasteiger partial charge in [-0.1, -0.05) is 13.8 Å². The number of aromatic nitrogens is 2. The molecule has 0 radical (unpaired) electrons. The predicted octanol–water partition coefficient (Wildman–Crippen LogP) is 1.94. The Kier molecular flexibility index (Phi) is 4.71. The van der Waals surface area contributed by atoms with Gasteiger partial charge in [-0.2, -0.15) is 5.10 Å². The number of rotatable bonds is 4. The number of aliphatic hydroxyl groups is 1. The molecule has 1 saturated heterocycles. The summed E-state index contributed by atoms with van der Waals surface area (Å²) in [5, 5.41) is 14.7. The van der Waals surface area contributed by atoms with Gasteiger partial charge >= 0.3 is 0 Å². The third-order valence-corrected chi connectivity index (χ3v) is 5.82. The predicted molar refractivity (Wildman–Crippen MR) is 90.9 cm³/mol. The molecule has 134 valence electrons. The van der Waals surface area contributed by atoms with Crippen LogP contribution in [0.4, 0.5) is 0 Å². The van der Waals surface area contributed by atoms with Crippen molar-refractivity contribution in [1.29, 1.82) is 0 Å². The molecule has 1 spiro atoms. The van der Waals surface area contributed by atoms with Gasteiger partial charge < -0.3 is 14.7 Å². The van der Waals surface area contributed by atoms with Crippen molar-refractivity contribution in [1.82, 2.24) is 14.7 Å². The molecular formula is C18H29N3O3. The van der Waals surface area contributed by atoms with Gasteiger partial charge in [0, 0.05) is 44.3 Å². The van der Waals surface area contributed by atoms with Crippen molar-refractivity contribution in [3.05, 3.63) is 17.5 Å². The van der Waals surface area contributed by atoms with Crippen molar-refractivity contribution in [2.75, 3.05) is 19.7 Å². The molecule has 1 saturated carbocycles. The van der Waals surface area contributed by atoms with Crippen LogP contribution in [-0.4, -0.2) is 57.6 Å². The van der Waals surface area contributed by atoms with Gasteiger partial charge in [0.25, 0.3) is 5.91 Å². The number of ether oxygens (including phenoxy) is 1. The van der Waals surface area contributed by atoms with Crippen LogP contribution in [0.1, 0.15) is 62.1 Å². The lowest BCUT2D eigenvalue weighted by molar-refractivity contribution is -0.207. The van der Waals surface area contributed by atoms with E-state index < -0.39 is 0 Å². The molecule has 1 aliphatic carbocycles. The van der Waals surface area contributed by atoms with Gasteiger partial charge in [-0.25, -0.2) is 0 Å². The van der Waals surface area contributed by atoms with Crippen LogP contribution in [-0.2, 0) is 11.8 Å². The Balaban J connectivity index is 1.66. The fraction of sp³-hybridized carbons (Fsp3) is 0.778. The highest BCUT2D eigenvalue weighted by Crippen LogP contribution is 2.51. The monoisotopic (exact) mass is 335 g/mol.